The highest BCUT2D eigenvalue weighted by molar-refractivity contribution is 6.09. The number of carbonyl (C=O) groups excluding carboxylic acids is 1. The Bertz CT molecular complexity index is 1200. The Morgan fingerprint density at radius 2 is 2.00 bits per heavy atom. The minimum atomic E-state index is -0.508. The van der Waals surface area contributed by atoms with Crippen molar-refractivity contribution in [2.45, 2.75) is 39.3 Å². The lowest BCUT2D eigenvalue weighted by atomic mass is 9.95. The zero-order chi connectivity index (χ0) is 20.6. The predicted octanol–water partition coefficient (Wildman–Crippen LogP) is 3.33. The van der Waals surface area contributed by atoms with Gasteiger partial charge in [0.25, 0.3) is 5.91 Å². The highest BCUT2D eigenvalue weighted by Gasteiger charge is 2.27. The number of carbonyl (C=O) groups is 1. The van der Waals surface area contributed by atoms with Crippen molar-refractivity contribution >= 4 is 33.5 Å². The van der Waals surface area contributed by atoms with Crippen molar-refractivity contribution in [1.82, 2.24) is 25.1 Å². The van der Waals surface area contributed by atoms with Crippen molar-refractivity contribution in [2.24, 2.45) is 0 Å². The van der Waals surface area contributed by atoms with Crippen molar-refractivity contribution in [1.29, 1.82) is 0 Å². The molecule has 4 aromatic rings. The van der Waals surface area contributed by atoms with E-state index in [0.29, 0.717) is 29.9 Å². The molecule has 4 rings (SSSR count). The SMILES string of the molecule is CCn1nc2c(N)nc3ccccc3c2c1CC(C)(C)NC(=O)c1cccnc1. The van der Waals surface area contributed by atoms with Crippen LogP contribution in [0.25, 0.3) is 21.8 Å². The number of amides is 1. The maximum Gasteiger partial charge on any atom is 0.253 e. The van der Waals surface area contributed by atoms with Crippen LogP contribution in [0.15, 0.2) is 48.8 Å². The van der Waals surface area contributed by atoms with Gasteiger partial charge in [0.05, 0.1) is 11.1 Å². The lowest BCUT2D eigenvalue weighted by Gasteiger charge is -2.27. The second kappa shape index (κ2) is 7.16. The molecule has 3 aromatic heterocycles. The fourth-order valence-corrected chi connectivity index (χ4v) is 3.70. The van der Waals surface area contributed by atoms with Gasteiger partial charge in [-0.05, 0) is 39.0 Å². The highest BCUT2D eigenvalue weighted by Crippen LogP contribution is 2.32. The number of hydrogen-bond donors (Lipinski definition) is 2. The Hall–Kier alpha value is -3.48. The summed E-state index contributed by atoms with van der Waals surface area (Å²) in [5.74, 6) is 0.269. The van der Waals surface area contributed by atoms with Crippen molar-refractivity contribution < 1.29 is 4.79 Å². The Morgan fingerprint density at radius 3 is 2.72 bits per heavy atom. The van der Waals surface area contributed by atoms with E-state index >= 15 is 0 Å². The van der Waals surface area contributed by atoms with Crippen LogP contribution in [0.3, 0.4) is 0 Å². The zero-order valence-corrected chi connectivity index (χ0v) is 16.8. The molecular formula is C22H24N6O. The van der Waals surface area contributed by atoms with Crippen molar-refractivity contribution in [2.75, 3.05) is 5.73 Å². The van der Waals surface area contributed by atoms with Gasteiger partial charge in [-0.3, -0.25) is 14.5 Å². The molecule has 1 amide bonds. The molecule has 7 nitrogen and oxygen atoms in total. The number of hydrogen-bond acceptors (Lipinski definition) is 5. The molecule has 29 heavy (non-hydrogen) atoms. The first-order valence-corrected chi connectivity index (χ1v) is 9.66. The summed E-state index contributed by atoms with van der Waals surface area (Å²) < 4.78 is 1.95. The van der Waals surface area contributed by atoms with Gasteiger partial charge in [0, 0.05) is 47.4 Å². The van der Waals surface area contributed by atoms with E-state index in [9.17, 15) is 4.79 Å². The number of aryl methyl sites for hydroxylation is 1. The van der Waals surface area contributed by atoms with Gasteiger partial charge < -0.3 is 11.1 Å². The van der Waals surface area contributed by atoms with Gasteiger partial charge in [0.15, 0.2) is 5.82 Å². The van der Waals surface area contributed by atoms with Crippen LogP contribution in [0, 0.1) is 0 Å². The molecule has 7 heteroatoms. The van der Waals surface area contributed by atoms with Crippen LogP contribution in [0.2, 0.25) is 0 Å². The fraction of sp³-hybridized carbons (Fsp3) is 0.273. The Kier molecular flexibility index (Phi) is 4.66. The molecule has 0 atom stereocenters. The Morgan fingerprint density at radius 1 is 1.21 bits per heavy atom. The van der Waals surface area contributed by atoms with Crippen molar-refractivity contribution in [3.8, 4) is 0 Å². The number of nitrogens with one attached hydrogen (secondary N) is 1. The molecule has 0 saturated heterocycles. The number of nitrogens with zero attached hydrogens (tertiary/aromatic N) is 4. The second-order valence-electron chi connectivity index (χ2n) is 7.76. The third-order valence-corrected chi connectivity index (χ3v) is 5.00. The van der Waals surface area contributed by atoms with Gasteiger partial charge in [-0.1, -0.05) is 18.2 Å². The first-order chi connectivity index (χ1) is 13.9. The van der Waals surface area contributed by atoms with Crippen LogP contribution < -0.4 is 11.1 Å². The van der Waals surface area contributed by atoms with Gasteiger partial charge in [-0.2, -0.15) is 5.10 Å². The number of para-hydroxylation sites is 1. The van der Waals surface area contributed by atoms with Crippen LogP contribution in [0.1, 0.15) is 36.8 Å². The lowest BCUT2D eigenvalue weighted by Crippen LogP contribution is -2.45. The van der Waals surface area contributed by atoms with Crippen LogP contribution in [0.4, 0.5) is 5.82 Å². The summed E-state index contributed by atoms with van der Waals surface area (Å²) >= 11 is 0. The molecule has 0 unspecified atom stereocenters. The van der Waals surface area contributed by atoms with E-state index < -0.39 is 5.54 Å². The molecule has 3 heterocycles. The second-order valence-corrected chi connectivity index (χ2v) is 7.76. The molecule has 0 bridgehead atoms. The standard InChI is InChI=1S/C22H24N6O/c1-4-28-17(12-22(2,3)26-21(29)14-8-7-11-24-13-14)18-15-9-5-6-10-16(15)25-20(23)19(18)27-28/h5-11,13H,4,12H2,1-3H3,(H2,23,25)(H,26,29). The topological polar surface area (TPSA) is 98.7 Å². The summed E-state index contributed by atoms with van der Waals surface area (Å²) in [6.45, 7) is 6.76. The first kappa shape index (κ1) is 18.9. The van der Waals surface area contributed by atoms with E-state index in [0.717, 1.165) is 22.0 Å². The minimum Gasteiger partial charge on any atom is -0.382 e. The summed E-state index contributed by atoms with van der Waals surface area (Å²) in [5.41, 5.74) is 8.82. The summed E-state index contributed by atoms with van der Waals surface area (Å²) in [7, 11) is 0. The number of rotatable bonds is 5. The quantitative estimate of drug-likeness (QED) is 0.546. The molecule has 1 aromatic carbocycles. The van der Waals surface area contributed by atoms with Crippen molar-refractivity contribution in [3.63, 3.8) is 0 Å². The average Bonchev–Trinajstić information content (AvgIpc) is 3.07. The largest absolute Gasteiger partial charge is 0.382 e. The highest BCUT2D eigenvalue weighted by atomic mass is 16.1. The van der Waals surface area contributed by atoms with Gasteiger partial charge in [0.1, 0.15) is 5.52 Å². The number of pyridine rings is 2. The average molecular weight is 388 g/mol. The first-order valence-electron chi connectivity index (χ1n) is 9.66. The van der Waals surface area contributed by atoms with E-state index in [1.54, 1.807) is 24.5 Å². The monoisotopic (exact) mass is 388 g/mol. The maximum atomic E-state index is 12.7. The van der Waals surface area contributed by atoms with E-state index in [2.05, 4.69) is 15.3 Å². The number of benzene rings is 1. The van der Waals surface area contributed by atoms with E-state index in [-0.39, 0.29) is 5.91 Å². The summed E-state index contributed by atoms with van der Waals surface area (Å²) in [5, 5.41) is 9.84. The molecule has 0 radical (unpaired) electrons. The van der Waals surface area contributed by atoms with E-state index in [1.807, 2.05) is 49.7 Å². The summed E-state index contributed by atoms with van der Waals surface area (Å²) in [6, 6.07) is 11.4. The number of nitrogen functional groups attached to an aromatic ring is 1. The summed E-state index contributed by atoms with van der Waals surface area (Å²) in [6.07, 6.45) is 3.81. The molecule has 0 saturated carbocycles. The van der Waals surface area contributed by atoms with E-state index in [1.165, 1.54) is 0 Å². The third kappa shape index (κ3) is 3.51. The fourth-order valence-electron chi connectivity index (χ4n) is 3.70. The minimum absolute atomic E-state index is 0.152. The van der Waals surface area contributed by atoms with Crippen LogP contribution in [-0.2, 0) is 13.0 Å². The molecule has 0 aliphatic carbocycles. The van der Waals surface area contributed by atoms with Gasteiger partial charge >= 0.3 is 0 Å². The zero-order valence-electron chi connectivity index (χ0n) is 16.8. The number of anilines is 1. The smallest absolute Gasteiger partial charge is 0.253 e. The Labute approximate surface area is 169 Å². The van der Waals surface area contributed by atoms with Crippen LogP contribution in [-0.4, -0.2) is 31.2 Å². The van der Waals surface area contributed by atoms with Crippen LogP contribution in [0.5, 0.6) is 0 Å². The van der Waals surface area contributed by atoms with Gasteiger partial charge in [-0.15, -0.1) is 0 Å². The maximum absolute atomic E-state index is 12.7. The van der Waals surface area contributed by atoms with Crippen LogP contribution >= 0.6 is 0 Å². The molecule has 0 spiro atoms. The van der Waals surface area contributed by atoms with Gasteiger partial charge in [-0.25, -0.2) is 4.98 Å². The molecule has 148 valence electrons. The van der Waals surface area contributed by atoms with E-state index in [4.69, 9.17) is 10.8 Å². The number of aromatic nitrogens is 4. The molecule has 0 aliphatic rings. The predicted molar refractivity (Wildman–Crippen MR) is 115 cm³/mol. The normalized spacial score (nSPS) is 11.8. The molecule has 0 fully saturated rings. The van der Waals surface area contributed by atoms with Crippen molar-refractivity contribution in [3.05, 3.63) is 60.0 Å². The lowest BCUT2D eigenvalue weighted by molar-refractivity contribution is 0.0912. The van der Waals surface area contributed by atoms with Gasteiger partial charge in [0.2, 0.25) is 0 Å². The molecular weight excluding hydrogens is 364 g/mol. The summed E-state index contributed by atoms with van der Waals surface area (Å²) in [4.78, 5) is 21.2. The molecule has 0 aliphatic heterocycles. The molecule has 3 N–H and O–H groups in total. The number of fused-ring (bicyclic) bond motifs is 3. The third-order valence-electron chi connectivity index (χ3n) is 5.00. The number of nitrogens with two attached hydrogens (primary N) is 1. The Balaban J connectivity index is 1.78.